The van der Waals surface area contributed by atoms with Gasteiger partial charge in [-0.2, -0.15) is 0 Å². The fourth-order valence-electron chi connectivity index (χ4n) is 1.66. The number of amides is 1. The minimum atomic E-state index is 0. The van der Waals surface area contributed by atoms with Gasteiger partial charge < -0.3 is 10.6 Å². The molecular formula is C10H16Cl2N2OS. The monoisotopic (exact) mass is 282 g/mol. The normalized spacial score (nSPS) is 16.2. The predicted molar refractivity (Wildman–Crippen MR) is 71.9 cm³/mol. The maximum absolute atomic E-state index is 11.9. The quantitative estimate of drug-likeness (QED) is 0.858. The molecule has 0 atom stereocenters. The van der Waals surface area contributed by atoms with E-state index in [0.29, 0.717) is 0 Å². The van der Waals surface area contributed by atoms with Gasteiger partial charge in [0.2, 0.25) is 0 Å². The highest BCUT2D eigenvalue weighted by molar-refractivity contribution is 7.12. The Hall–Kier alpha value is -0.290. The molecule has 1 fully saturated rings. The Balaban J connectivity index is 0.00000112. The number of likely N-dealkylation sites (tertiary alicyclic amines) is 1. The number of piperidine rings is 1. The van der Waals surface area contributed by atoms with Crippen LogP contribution in [-0.2, 0) is 0 Å². The number of hydrogen-bond acceptors (Lipinski definition) is 3. The zero-order valence-corrected chi connectivity index (χ0v) is 11.2. The Morgan fingerprint density at radius 2 is 2.00 bits per heavy atom. The first-order valence-electron chi connectivity index (χ1n) is 4.86. The molecule has 1 aromatic rings. The van der Waals surface area contributed by atoms with Crippen molar-refractivity contribution in [3.05, 3.63) is 22.4 Å². The second kappa shape index (κ2) is 7.12. The van der Waals surface area contributed by atoms with E-state index in [2.05, 4.69) is 0 Å². The van der Waals surface area contributed by atoms with Crippen LogP contribution in [0.25, 0.3) is 0 Å². The molecule has 2 heterocycles. The van der Waals surface area contributed by atoms with E-state index < -0.39 is 0 Å². The molecule has 1 aliphatic heterocycles. The van der Waals surface area contributed by atoms with Gasteiger partial charge in [0, 0.05) is 19.1 Å². The van der Waals surface area contributed by atoms with E-state index in [1.54, 1.807) is 0 Å². The van der Waals surface area contributed by atoms with E-state index in [1.165, 1.54) is 11.3 Å². The van der Waals surface area contributed by atoms with Crippen LogP contribution in [0.15, 0.2) is 17.5 Å². The van der Waals surface area contributed by atoms with Crippen LogP contribution in [0.5, 0.6) is 0 Å². The highest BCUT2D eigenvalue weighted by atomic mass is 35.5. The van der Waals surface area contributed by atoms with E-state index in [9.17, 15) is 4.79 Å². The lowest BCUT2D eigenvalue weighted by Crippen LogP contribution is -2.42. The molecule has 3 nitrogen and oxygen atoms in total. The molecule has 6 heteroatoms. The summed E-state index contributed by atoms with van der Waals surface area (Å²) in [5.41, 5.74) is 5.78. The largest absolute Gasteiger partial charge is 0.338 e. The van der Waals surface area contributed by atoms with Crippen molar-refractivity contribution < 1.29 is 4.79 Å². The zero-order chi connectivity index (χ0) is 9.97. The van der Waals surface area contributed by atoms with Gasteiger partial charge in [0.25, 0.3) is 5.91 Å². The van der Waals surface area contributed by atoms with E-state index in [4.69, 9.17) is 5.73 Å². The Kier molecular flexibility index (Phi) is 6.99. The lowest BCUT2D eigenvalue weighted by molar-refractivity contribution is 0.0719. The molecule has 0 aliphatic carbocycles. The molecule has 0 unspecified atom stereocenters. The molecule has 1 saturated heterocycles. The van der Waals surface area contributed by atoms with Crippen LogP contribution in [0, 0.1) is 0 Å². The molecule has 0 spiro atoms. The molecule has 1 aliphatic rings. The van der Waals surface area contributed by atoms with Crippen molar-refractivity contribution >= 4 is 42.1 Å². The summed E-state index contributed by atoms with van der Waals surface area (Å²) >= 11 is 1.50. The number of carbonyl (C=O) groups excluding carboxylic acids is 1. The highest BCUT2D eigenvalue weighted by Gasteiger charge is 2.21. The van der Waals surface area contributed by atoms with Crippen LogP contribution in [0.1, 0.15) is 22.5 Å². The molecule has 1 aromatic heterocycles. The molecule has 0 aromatic carbocycles. The number of carbonyl (C=O) groups is 1. The lowest BCUT2D eigenvalue weighted by atomic mass is 10.1. The van der Waals surface area contributed by atoms with Gasteiger partial charge >= 0.3 is 0 Å². The van der Waals surface area contributed by atoms with Crippen LogP contribution in [0.4, 0.5) is 0 Å². The Morgan fingerprint density at radius 3 is 2.50 bits per heavy atom. The Labute approximate surface area is 112 Å². The summed E-state index contributed by atoms with van der Waals surface area (Å²) in [6, 6.07) is 4.07. The summed E-state index contributed by atoms with van der Waals surface area (Å²) in [4.78, 5) is 14.6. The third kappa shape index (κ3) is 3.63. The minimum absolute atomic E-state index is 0. The molecular weight excluding hydrogens is 267 g/mol. The average Bonchev–Trinajstić information content (AvgIpc) is 2.71. The third-order valence-electron chi connectivity index (χ3n) is 2.56. The topological polar surface area (TPSA) is 46.3 Å². The maximum Gasteiger partial charge on any atom is 0.263 e. The van der Waals surface area contributed by atoms with Gasteiger partial charge in [-0.1, -0.05) is 6.07 Å². The van der Waals surface area contributed by atoms with Gasteiger partial charge in [0.15, 0.2) is 0 Å². The first-order valence-corrected chi connectivity index (χ1v) is 5.73. The molecule has 1 amide bonds. The Bertz CT molecular complexity index is 311. The fraction of sp³-hybridized carbons (Fsp3) is 0.500. The number of nitrogens with two attached hydrogens (primary N) is 1. The van der Waals surface area contributed by atoms with Gasteiger partial charge in [0.05, 0.1) is 4.88 Å². The SMILES string of the molecule is Cl.Cl.NC1CCN(C(=O)c2cccs2)CC1. The van der Waals surface area contributed by atoms with Gasteiger partial charge in [-0.25, -0.2) is 0 Å². The van der Waals surface area contributed by atoms with Crippen molar-refractivity contribution in [3.63, 3.8) is 0 Å². The van der Waals surface area contributed by atoms with Crippen LogP contribution in [-0.4, -0.2) is 29.9 Å². The van der Waals surface area contributed by atoms with Crippen LogP contribution in [0.3, 0.4) is 0 Å². The Morgan fingerprint density at radius 1 is 1.38 bits per heavy atom. The lowest BCUT2D eigenvalue weighted by Gasteiger charge is -2.29. The van der Waals surface area contributed by atoms with Crippen molar-refractivity contribution in [1.29, 1.82) is 0 Å². The van der Waals surface area contributed by atoms with Gasteiger partial charge in [-0.15, -0.1) is 36.2 Å². The number of nitrogens with zero attached hydrogens (tertiary/aromatic N) is 1. The van der Waals surface area contributed by atoms with Crippen LogP contribution in [0.2, 0.25) is 0 Å². The molecule has 16 heavy (non-hydrogen) atoms. The van der Waals surface area contributed by atoms with Crippen molar-refractivity contribution in [2.75, 3.05) is 13.1 Å². The molecule has 0 bridgehead atoms. The number of thiophene rings is 1. The second-order valence-corrected chi connectivity index (χ2v) is 4.55. The smallest absolute Gasteiger partial charge is 0.263 e. The summed E-state index contributed by atoms with van der Waals surface area (Å²) in [6.07, 6.45) is 1.86. The standard InChI is InChI=1S/C10H14N2OS.2ClH/c11-8-3-5-12(6-4-8)10(13)9-2-1-7-14-9;;/h1-2,7-8H,3-6,11H2;2*1H. The van der Waals surface area contributed by atoms with E-state index >= 15 is 0 Å². The van der Waals surface area contributed by atoms with Crippen molar-refractivity contribution in [2.45, 2.75) is 18.9 Å². The van der Waals surface area contributed by atoms with E-state index in [1.807, 2.05) is 22.4 Å². The number of hydrogen-bond donors (Lipinski definition) is 1. The second-order valence-electron chi connectivity index (χ2n) is 3.61. The van der Waals surface area contributed by atoms with Crippen molar-refractivity contribution in [1.82, 2.24) is 4.90 Å². The third-order valence-corrected chi connectivity index (χ3v) is 3.42. The van der Waals surface area contributed by atoms with Crippen molar-refractivity contribution in [3.8, 4) is 0 Å². The number of halogens is 2. The predicted octanol–water partition coefficient (Wildman–Crippen LogP) is 2.16. The molecule has 0 saturated carbocycles. The van der Waals surface area contributed by atoms with Crippen molar-refractivity contribution in [2.24, 2.45) is 5.73 Å². The molecule has 2 rings (SSSR count). The highest BCUT2D eigenvalue weighted by Crippen LogP contribution is 2.15. The van der Waals surface area contributed by atoms with Crippen LogP contribution < -0.4 is 5.73 Å². The first-order chi connectivity index (χ1) is 6.77. The minimum Gasteiger partial charge on any atom is -0.338 e. The molecule has 0 radical (unpaired) electrons. The first kappa shape index (κ1) is 15.7. The average molecular weight is 283 g/mol. The van der Waals surface area contributed by atoms with E-state index in [0.717, 1.165) is 30.8 Å². The van der Waals surface area contributed by atoms with Gasteiger partial charge in [0.1, 0.15) is 0 Å². The zero-order valence-electron chi connectivity index (χ0n) is 8.80. The van der Waals surface area contributed by atoms with Gasteiger partial charge in [-0.05, 0) is 24.3 Å². The molecule has 92 valence electrons. The van der Waals surface area contributed by atoms with E-state index in [-0.39, 0.29) is 36.8 Å². The fourth-order valence-corrected chi connectivity index (χ4v) is 2.35. The molecule has 2 N–H and O–H groups in total. The summed E-state index contributed by atoms with van der Waals surface area (Å²) in [7, 11) is 0. The summed E-state index contributed by atoms with van der Waals surface area (Å²) in [5.74, 6) is 0.159. The summed E-state index contributed by atoms with van der Waals surface area (Å²) < 4.78 is 0. The summed E-state index contributed by atoms with van der Waals surface area (Å²) in [5, 5.41) is 1.93. The van der Waals surface area contributed by atoms with Gasteiger partial charge in [-0.3, -0.25) is 4.79 Å². The number of rotatable bonds is 1. The summed E-state index contributed by atoms with van der Waals surface area (Å²) in [6.45, 7) is 1.61. The maximum atomic E-state index is 11.9. The van der Waals surface area contributed by atoms with Crippen LogP contribution >= 0.6 is 36.2 Å².